The first kappa shape index (κ1) is 16.8. The van der Waals surface area contributed by atoms with Gasteiger partial charge >= 0.3 is 0 Å². The summed E-state index contributed by atoms with van der Waals surface area (Å²) in [5.41, 5.74) is 13.7. The van der Waals surface area contributed by atoms with Gasteiger partial charge in [-0.15, -0.1) is 0 Å². The molecule has 4 rings (SSSR count). The smallest absolute Gasteiger partial charge is 0.249 e. The second-order valence-electron chi connectivity index (χ2n) is 6.25. The number of carbonyl (C=O) groups excluding carboxylic acids is 2. The molecule has 0 bridgehead atoms. The SMILES string of the molecule is NC(=O)c1ccccc1Cn1c2cc(F)c[c]c2c2c(C(N)=O)cccc21. The molecule has 0 fully saturated rings. The molecule has 3 aromatic carbocycles. The predicted molar refractivity (Wildman–Crippen MR) is 101 cm³/mol. The highest BCUT2D eigenvalue weighted by Gasteiger charge is 2.18. The molecule has 6 heteroatoms. The van der Waals surface area contributed by atoms with Gasteiger partial charge in [-0.3, -0.25) is 9.59 Å². The number of carbonyl (C=O) groups is 2. The van der Waals surface area contributed by atoms with E-state index in [0.29, 0.717) is 38.5 Å². The van der Waals surface area contributed by atoms with Crippen LogP contribution in [0.1, 0.15) is 26.3 Å². The zero-order valence-corrected chi connectivity index (χ0v) is 14.2. The quantitative estimate of drug-likeness (QED) is 0.586. The lowest BCUT2D eigenvalue weighted by atomic mass is 10.1. The summed E-state index contributed by atoms with van der Waals surface area (Å²) < 4.78 is 15.8. The Balaban J connectivity index is 2.05. The van der Waals surface area contributed by atoms with Crippen molar-refractivity contribution < 1.29 is 14.0 Å². The molecule has 0 atom stereocenters. The first-order valence-electron chi connectivity index (χ1n) is 8.27. The maximum Gasteiger partial charge on any atom is 0.249 e. The lowest BCUT2D eigenvalue weighted by Crippen LogP contribution is -2.15. The fourth-order valence-electron chi connectivity index (χ4n) is 3.47. The van der Waals surface area contributed by atoms with E-state index in [1.165, 1.54) is 12.1 Å². The van der Waals surface area contributed by atoms with E-state index in [-0.39, 0.29) is 6.54 Å². The van der Waals surface area contributed by atoms with Crippen molar-refractivity contribution in [2.75, 3.05) is 0 Å². The Hall–Kier alpha value is -3.67. The van der Waals surface area contributed by atoms with E-state index in [2.05, 4.69) is 6.07 Å². The maximum atomic E-state index is 13.9. The Morgan fingerprint density at radius 1 is 0.963 bits per heavy atom. The minimum atomic E-state index is -0.574. The molecule has 0 aliphatic heterocycles. The summed E-state index contributed by atoms with van der Waals surface area (Å²) >= 11 is 0. The second kappa shape index (κ2) is 6.25. The average molecular weight is 360 g/mol. The van der Waals surface area contributed by atoms with Gasteiger partial charge in [-0.2, -0.15) is 0 Å². The first-order chi connectivity index (χ1) is 13.0. The van der Waals surface area contributed by atoms with Crippen molar-refractivity contribution in [3.63, 3.8) is 0 Å². The molecule has 1 heterocycles. The summed E-state index contributed by atoms with van der Waals surface area (Å²) in [6.07, 6.45) is 0. The zero-order valence-electron chi connectivity index (χ0n) is 14.2. The molecule has 0 saturated carbocycles. The average Bonchev–Trinajstić information content (AvgIpc) is 2.95. The highest BCUT2D eigenvalue weighted by atomic mass is 19.1. The van der Waals surface area contributed by atoms with Crippen molar-refractivity contribution in [1.29, 1.82) is 0 Å². The number of hydrogen-bond donors (Lipinski definition) is 2. The molecule has 0 aliphatic rings. The van der Waals surface area contributed by atoms with Crippen LogP contribution < -0.4 is 11.5 Å². The van der Waals surface area contributed by atoms with E-state index in [9.17, 15) is 14.0 Å². The van der Waals surface area contributed by atoms with Gasteiger partial charge in [-0.25, -0.2) is 4.39 Å². The van der Waals surface area contributed by atoms with E-state index >= 15 is 0 Å². The molecule has 0 unspecified atom stereocenters. The monoisotopic (exact) mass is 360 g/mol. The van der Waals surface area contributed by atoms with Crippen LogP contribution in [0.5, 0.6) is 0 Å². The highest BCUT2D eigenvalue weighted by Crippen LogP contribution is 2.32. The summed E-state index contributed by atoms with van der Waals surface area (Å²) in [6, 6.07) is 17.6. The topological polar surface area (TPSA) is 91.1 Å². The Labute approximate surface area is 154 Å². The summed E-state index contributed by atoms with van der Waals surface area (Å²) in [5, 5.41) is 1.20. The number of nitrogens with two attached hydrogens (primary N) is 2. The Bertz CT molecular complexity index is 1230. The van der Waals surface area contributed by atoms with Crippen LogP contribution in [0.15, 0.2) is 54.6 Å². The number of primary amides is 2. The molecule has 27 heavy (non-hydrogen) atoms. The van der Waals surface area contributed by atoms with Crippen LogP contribution in [0.3, 0.4) is 0 Å². The van der Waals surface area contributed by atoms with Gasteiger partial charge in [0.15, 0.2) is 0 Å². The normalized spacial score (nSPS) is 11.1. The molecule has 133 valence electrons. The van der Waals surface area contributed by atoms with Crippen molar-refractivity contribution in [3.8, 4) is 0 Å². The standard InChI is InChI=1S/C21H15FN3O2/c22-13-8-9-15-18(10-13)25(11-12-4-1-2-5-14(12)20(23)26)17-7-3-6-16(19(15)17)21(24)27/h1-8,10H,11H2,(H2,23,26)(H2,24,27). The summed E-state index contributed by atoms with van der Waals surface area (Å²) in [6.45, 7) is 0.276. The highest BCUT2D eigenvalue weighted by molar-refractivity contribution is 6.17. The van der Waals surface area contributed by atoms with Crippen LogP contribution in [0, 0.1) is 11.9 Å². The van der Waals surface area contributed by atoms with Crippen LogP contribution >= 0.6 is 0 Å². The maximum absolute atomic E-state index is 13.9. The molecule has 1 radical (unpaired) electrons. The molecule has 1 aromatic heterocycles. The van der Waals surface area contributed by atoms with Crippen molar-refractivity contribution >= 4 is 33.6 Å². The number of nitrogens with zero attached hydrogens (tertiary/aromatic N) is 1. The molecule has 2 amide bonds. The number of benzene rings is 3. The van der Waals surface area contributed by atoms with Gasteiger partial charge in [-0.1, -0.05) is 24.3 Å². The molecular formula is C21H15FN3O2. The molecular weight excluding hydrogens is 345 g/mol. The van der Waals surface area contributed by atoms with Crippen molar-refractivity contribution in [2.45, 2.75) is 6.54 Å². The third-order valence-electron chi connectivity index (χ3n) is 4.64. The number of aromatic nitrogens is 1. The van der Waals surface area contributed by atoms with Crippen LogP contribution in [-0.4, -0.2) is 16.4 Å². The van der Waals surface area contributed by atoms with Crippen LogP contribution in [0.25, 0.3) is 21.8 Å². The van der Waals surface area contributed by atoms with E-state index in [4.69, 9.17) is 11.5 Å². The van der Waals surface area contributed by atoms with E-state index in [1.807, 2.05) is 10.6 Å². The molecule has 0 saturated heterocycles. The summed E-state index contributed by atoms with van der Waals surface area (Å²) in [4.78, 5) is 23.7. The molecule has 0 aliphatic carbocycles. The van der Waals surface area contributed by atoms with Crippen LogP contribution in [-0.2, 0) is 6.54 Å². The van der Waals surface area contributed by atoms with Gasteiger partial charge in [-0.05, 0) is 42.0 Å². The number of amides is 2. The second-order valence-corrected chi connectivity index (χ2v) is 6.25. The zero-order chi connectivity index (χ0) is 19.1. The van der Waals surface area contributed by atoms with Crippen molar-refractivity contribution in [3.05, 3.63) is 83.2 Å². The van der Waals surface area contributed by atoms with Gasteiger partial charge in [0.25, 0.3) is 0 Å². The molecule has 4 aromatic rings. The van der Waals surface area contributed by atoms with Gasteiger partial charge < -0.3 is 16.0 Å². The van der Waals surface area contributed by atoms with Crippen molar-refractivity contribution in [1.82, 2.24) is 4.57 Å². The largest absolute Gasteiger partial charge is 0.366 e. The van der Waals surface area contributed by atoms with Crippen LogP contribution in [0.2, 0.25) is 0 Å². The summed E-state index contributed by atoms with van der Waals surface area (Å²) in [5.74, 6) is -1.56. The Kier molecular flexibility index (Phi) is 3.88. The minimum Gasteiger partial charge on any atom is -0.366 e. The summed E-state index contributed by atoms with van der Waals surface area (Å²) in [7, 11) is 0. The number of halogens is 1. The Morgan fingerprint density at radius 3 is 2.41 bits per heavy atom. The lowest BCUT2D eigenvalue weighted by Gasteiger charge is -2.11. The van der Waals surface area contributed by atoms with Crippen molar-refractivity contribution in [2.24, 2.45) is 11.5 Å². The predicted octanol–water partition coefficient (Wildman–Crippen LogP) is 2.98. The van der Waals surface area contributed by atoms with E-state index in [0.717, 1.165) is 0 Å². The van der Waals surface area contributed by atoms with Crippen LogP contribution in [0.4, 0.5) is 4.39 Å². The van der Waals surface area contributed by atoms with E-state index < -0.39 is 17.6 Å². The van der Waals surface area contributed by atoms with E-state index in [1.54, 1.807) is 36.4 Å². The fourth-order valence-corrected chi connectivity index (χ4v) is 3.47. The fraction of sp³-hybridized carbons (Fsp3) is 0.0476. The van der Waals surface area contributed by atoms with Gasteiger partial charge in [0, 0.05) is 28.4 Å². The number of fused-ring (bicyclic) bond motifs is 3. The number of rotatable bonds is 4. The molecule has 4 N–H and O–H groups in total. The minimum absolute atomic E-state index is 0.276. The Morgan fingerprint density at radius 2 is 1.67 bits per heavy atom. The van der Waals surface area contributed by atoms with Gasteiger partial charge in [0.05, 0.1) is 11.0 Å². The third-order valence-corrected chi connectivity index (χ3v) is 4.64. The van der Waals surface area contributed by atoms with Gasteiger partial charge in [0.1, 0.15) is 5.82 Å². The van der Waals surface area contributed by atoms with Gasteiger partial charge in [0.2, 0.25) is 11.8 Å². The number of hydrogen-bond acceptors (Lipinski definition) is 2. The molecule has 0 spiro atoms. The molecule has 5 nitrogen and oxygen atoms in total. The lowest BCUT2D eigenvalue weighted by molar-refractivity contribution is 0.0992. The first-order valence-corrected chi connectivity index (χ1v) is 8.27. The third kappa shape index (κ3) is 2.71.